The third kappa shape index (κ3) is 6.30. The van der Waals surface area contributed by atoms with Crippen LogP contribution in [0.1, 0.15) is 18.1 Å². The number of benzene rings is 2. The van der Waals surface area contributed by atoms with Crippen LogP contribution < -0.4 is 10.1 Å². The molecular weight excluding hydrogens is 328 g/mol. The van der Waals surface area contributed by atoms with E-state index >= 15 is 0 Å². The first kappa shape index (κ1) is 17.8. The zero-order valence-electron chi connectivity index (χ0n) is 13.4. The van der Waals surface area contributed by atoms with Gasteiger partial charge in [0.25, 0.3) is 5.91 Å². The number of ether oxygens (including phenoxy) is 1. The number of nitrogens with zero attached hydrogens (tertiary/aromatic N) is 1. The van der Waals surface area contributed by atoms with Crippen LogP contribution >= 0.6 is 11.6 Å². The maximum Gasteiger partial charge on any atom is 0.261 e. The Morgan fingerprint density at radius 3 is 2.75 bits per heavy atom. The SMILES string of the molecule is CCOc1ccc(/C=N/OCC(=O)NCc2cccc(Cl)c2)cc1. The summed E-state index contributed by atoms with van der Waals surface area (Å²) in [5.74, 6) is 0.551. The second-order valence-corrected chi connectivity index (χ2v) is 5.35. The second-order valence-electron chi connectivity index (χ2n) is 4.92. The van der Waals surface area contributed by atoms with Gasteiger partial charge in [-0.3, -0.25) is 4.79 Å². The van der Waals surface area contributed by atoms with Crippen LogP contribution in [0.25, 0.3) is 0 Å². The van der Waals surface area contributed by atoms with E-state index in [-0.39, 0.29) is 12.5 Å². The van der Waals surface area contributed by atoms with Crippen molar-refractivity contribution in [3.8, 4) is 5.75 Å². The maximum atomic E-state index is 11.7. The van der Waals surface area contributed by atoms with Crippen molar-refractivity contribution < 1.29 is 14.4 Å². The molecule has 2 aromatic rings. The zero-order chi connectivity index (χ0) is 17.2. The summed E-state index contributed by atoms with van der Waals surface area (Å²) in [6.07, 6.45) is 1.54. The van der Waals surface area contributed by atoms with Crippen molar-refractivity contribution in [1.82, 2.24) is 5.32 Å². The highest BCUT2D eigenvalue weighted by Gasteiger charge is 2.02. The topological polar surface area (TPSA) is 59.9 Å². The highest BCUT2D eigenvalue weighted by molar-refractivity contribution is 6.30. The standard InChI is InChI=1S/C18H19ClN2O3/c1-2-23-17-8-6-14(7-9-17)12-21-24-13-18(22)20-11-15-4-3-5-16(19)10-15/h3-10,12H,2,11,13H2,1H3,(H,20,22)/b21-12+. The molecule has 0 aliphatic heterocycles. The van der Waals surface area contributed by atoms with E-state index in [1.165, 1.54) is 0 Å². The van der Waals surface area contributed by atoms with E-state index in [1.54, 1.807) is 18.3 Å². The van der Waals surface area contributed by atoms with Crippen LogP contribution in [-0.2, 0) is 16.2 Å². The second kappa shape index (κ2) is 9.57. The molecule has 0 aromatic heterocycles. The molecule has 6 heteroatoms. The van der Waals surface area contributed by atoms with Gasteiger partial charge in [0.15, 0.2) is 6.61 Å². The molecule has 0 aliphatic carbocycles. The van der Waals surface area contributed by atoms with Crippen molar-refractivity contribution >= 4 is 23.7 Å². The molecule has 0 atom stereocenters. The molecule has 0 saturated heterocycles. The van der Waals surface area contributed by atoms with Gasteiger partial charge in [-0.25, -0.2) is 0 Å². The number of carbonyl (C=O) groups is 1. The molecule has 0 saturated carbocycles. The molecule has 5 nitrogen and oxygen atoms in total. The largest absolute Gasteiger partial charge is 0.494 e. The molecule has 0 aliphatic rings. The minimum absolute atomic E-state index is 0.145. The first-order valence-corrected chi connectivity index (χ1v) is 7.94. The Labute approximate surface area is 146 Å². The third-order valence-electron chi connectivity index (χ3n) is 3.04. The van der Waals surface area contributed by atoms with Crippen LogP contribution in [0.4, 0.5) is 0 Å². The first-order chi connectivity index (χ1) is 11.7. The van der Waals surface area contributed by atoms with Gasteiger partial charge in [0, 0.05) is 11.6 Å². The van der Waals surface area contributed by atoms with Gasteiger partial charge in [-0.05, 0) is 54.4 Å². The Hall–Kier alpha value is -2.53. The lowest BCUT2D eigenvalue weighted by Gasteiger charge is -2.05. The Kier molecular flexibility index (Phi) is 7.11. The highest BCUT2D eigenvalue weighted by Crippen LogP contribution is 2.11. The van der Waals surface area contributed by atoms with Crippen LogP contribution in [0.3, 0.4) is 0 Å². The van der Waals surface area contributed by atoms with E-state index in [0.717, 1.165) is 16.9 Å². The molecule has 0 fully saturated rings. The fourth-order valence-corrected chi connectivity index (χ4v) is 2.12. The van der Waals surface area contributed by atoms with Crippen LogP contribution in [0.15, 0.2) is 53.7 Å². The lowest BCUT2D eigenvalue weighted by Crippen LogP contribution is -2.26. The fraction of sp³-hybridized carbons (Fsp3) is 0.222. The molecule has 0 unspecified atom stereocenters. The zero-order valence-corrected chi connectivity index (χ0v) is 14.1. The van der Waals surface area contributed by atoms with Crippen LogP contribution in [0, 0.1) is 0 Å². The van der Waals surface area contributed by atoms with Crippen LogP contribution in [0.2, 0.25) is 5.02 Å². The van der Waals surface area contributed by atoms with E-state index in [0.29, 0.717) is 18.2 Å². The van der Waals surface area contributed by atoms with E-state index in [1.807, 2.05) is 43.3 Å². The quantitative estimate of drug-likeness (QED) is 0.588. The van der Waals surface area contributed by atoms with Crippen LogP contribution in [-0.4, -0.2) is 25.3 Å². The number of hydrogen-bond donors (Lipinski definition) is 1. The Balaban J connectivity index is 1.70. The van der Waals surface area contributed by atoms with Gasteiger partial charge in [0.05, 0.1) is 12.8 Å². The van der Waals surface area contributed by atoms with Crippen molar-refractivity contribution in [2.24, 2.45) is 5.16 Å². The maximum absolute atomic E-state index is 11.7. The average molecular weight is 347 g/mol. The van der Waals surface area contributed by atoms with Gasteiger partial charge < -0.3 is 14.9 Å². The molecule has 0 bridgehead atoms. The van der Waals surface area contributed by atoms with Gasteiger partial charge in [-0.15, -0.1) is 0 Å². The summed E-state index contributed by atoms with van der Waals surface area (Å²) in [7, 11) is 0. The summed E-state index contributed by atoms with van der Waals surface area (Å²) in [5.41, 5.74) is 1.78. The molecule has 24 heavy (non-hydrogen) atoms. The monoisotopic (exact) mass is 346 g/mol. The Morgan fingerprint density at radius 1 is 1.25 bits per heavy atom. The lowest BCUT2D eigenvalue weighted by molar-refractivity contribution is -0.125. The van der Waals surface area contributed by atoms with E-state index in [4.69, 9.17) is 21.2 Å². The summed E-state index contributed by atoms with van der Waals surface area (Å²) in [6.45, 7) is 2.81. The summed E-state index contributed by atoms with van der Waals surface area (Å²) in [5, 5.41) is 7.15. The normalized spacial score (nSPS) is 10.6. The number of hydrogen-bond acceptors (Lipinski definition) is 4. The van der Waals surface area contributed by atoms with Gasteiger partial charge in [0.2, 0.25) is 0 Å². The molecule has 126 valence electrons. The highest BCUT2D eigenvalue weighted by atomic mass is 35.5. The number of oxime groups is 1. The van der Waals surface area contributed by atoms with Crippen molar-refractivity contribution in [1.29, 1.82) is 0 Å². The summed E-state index contributed by atoms with van der Waals surface area (Å²) in [6, 6.07) is 14.7. The summed E-state index contributed by atoms with van der Waals surface area (Å²) >= 11 is 5.88. The molecule has 0 spiro atoms. The summed E-state index contributed by atoms with van der Waals surface area (Å²) < 4.78 is 5.35. The first-order valence-electron chi connectivity index (χ1n) is 7.56. The third-order valence-corrected chi connectivity index (χ3v) is 3.28. The van der Waals surface area contributed by atoms with Gasteiger partial charge >= 0.3 is 0 Å². The predicted molar refractivity (Wildman–Crippen MR) is 94.5 cm³/mol. The molecular formula is C18H19ClN2O3. The number of halogens is 1. The molecule has 2 aromatic carbocycles. The molecule has 2 rings (SSSR count). The van der Waals surface area contributed by atoms with E-state index in [2.05, 4.69) is 10.5 Å². The van der Waals surface area contributed by atoms with Gasteiger partial charge in [-0.1, -0.05) is 28.9 Å². The smallest absolute Gasteiger partial charge is 0.261 e. The molecule has 0 heterocycles. The number of rotatable bonds is 8. The number of carbonyl (C=O) groups excluding carboxylic acids is 1. The van der Waals surface area contributed by atoms with Gasteiger partial charge in [-0.2, -0.15) is 0 Å². The average Bonchev–Trinajstić information content (AvgIpc) is 2.59. The van der Waals surface area contributed by atoms with E-state index < -0.39 is 0 Å². The van der Waals surface area contributed by atoms with Gasteiger partial charge in [0.1, 0.15) is 5.75 Å². The minimum Gasteiger partial charge on any atom is -0.494 e. The Bertz CT molecular complexity index is 687. The fourth-order valence-electron chi connectivity index (χ4n) is 1.91. The van der Waals surface area contributed by atoms with Crippen molar-refractivity contribution in [3.05, 3.63) is 64.7 Å². The van der Waals surface area contributed by atoms with Crippen molar-refractivity contribution in [2.45, 2.75) is 13.5 Å². The van der Waals surface area contributed by atoms with Crippen LogP contribution in [0.5, 0.6) is 5.75 Å². The molecule has 1 amide bonds. The van der Waals surface area contributed by atoms with Crippen molar-refractivity contribution in [2.75, 3.05) is 13.2 Å². The number of amides is 1. The predicted octanol–water partition coefficient (Wildman–Crippen LogP) is 3.41. The number of nitrogens with one attached hydrogen (secondary N) is 1. The lowest BCUT2D eigenvalue weighted by atomic mass is 10.2. The molecule has 1 N–H and O–H groups in total. The van der Waals surface area contributed by atoms with E-state index in [9.17, 15) is 4.79 Å². The molecule has 0 radical (unpaired) electrons. The Morgan fingerprint density at radius 2 is 2.04 bits per heavy atom. The minimum atomic E-state index is -0.251. The van der Waals surface area contributed by atoms with Crippen molar-refractivity contribution in [3.63, 3.8) is 0 Å². The summed E-state index contributed by atoms with van der Waals surface area (Å²) in [4.78, 5) is 16.7.